The van der Waals surface area contributed by atoms with Gasteiger partial charge in [0, 0.05) is 44.1 Å². The number of aliphatic hydroxyl groups is 10. The molecule has 0 aromatic carbocycles. The van der Waals surface area contributed by atoms with Crippen molar-refractivity contribution >= 4 is 11.9 Å². The first-order valence-electron chi connectivity index (χ1n) is 24.0. The highest BCUT2D eigenvalue weighted by Crippen LogP contribution is 2.39. The molecule has 2 saturated heterocycles. The standard InChI is InChI=1S/C50H78N2O16/c1-30-20-33(21-30)52-48(63)45-41(59)28-50(64)27-36(55)24-40(58)38(56)19-18-34(53)23-35(54)25-44(61)66-32(3)22-39(57)31(2)16-14-12-10-8-6-4-5-7-9-11-13-15-17-37(26-43(45)68-50)67-49-47(62)46(51)42(60)29-65-49/h4-17,30-43,45-47,49,53-60,62,64H,18-29,51H2,1-3H3,(H,52,63)/b5-4+,8-6+,9-7+,12-10+,13-11+,16-14+,17-15+/t30?,31-,32-,33?,34?,35?,36?,37?,38?,39-,40?,41-,42+,43-,45?,46-,47-,49-,50?/m0/s1. The van der Waals surface area contributed by atoms with Crippen molar-refractivity contribution in [2.45, 2.75) is 189 Å². The minimum absolute atomic E-state index is 0.0826. The molecular formula is C50H78N2O16. The number of cyclic esters (lactones) is 1. The van der Waals surface area contributed by atoms with Crippen LogP contribution in [0.4, 0.5) is 0 Å². The van der Waals surface area contributed by atoms with Crippen LogP contribution < -0.4 is 11.1 Å². The number of amides is 1. The molecule has 68 heavy (non-hydrogen) atoms. The van der Waals surface area contributed by atoms with E-state index in [9.17, 15) is 60.7 Å². The third-order valence-electron chi connectivity index (χ3n) is 12.8. The van der Waals surface area contributed by atoms with E-state index in [-0.39, 0.29) is 50.7 Å². The fourth-order valence-electron chi connectivity index (χ4n) is 8.83. The summed E-state index contributed by atoms with van der Waals surface area (Å²) in [5.41, 5.74) is 6.02. The minimum atomic E-state index is -2.24. The number of rotatable bonds is 4. The van der Waals surface area contributed by atoms with Gasteiger partial charge in [-0.2, -0.15) is 0 Å². The van der Waals surface area contributed by atoms with E-state index >= 15 is 0 Å². The highest BCUT2D eigenvalue weighted by atomic mass is 16.7. The number of aliphatic hydroxyl groups excluding tert-OH is 9. The van der Waals surface area contributed by atoms with E-state index in [4.69, 9.17) is 24.7 Å². The number of esters is 1. The van der Waals surface area contributed by atoms with Gasteiger partial charge in [0.05, 0.1) is 86.0 Å². The number of fused-ring (bicyclic) bond motifs is 2. The summed E-state index contributed by atoms with van der Waals surface area (Å²) in [5, 5.41) is 112. The number of ether oxygens (including phenoxy) is 4. The summed E-state index contributed by atoms with van der Waals surface area (Å²) in [4.78, 5) is 26.4. The normalized spacial score (nSPS) is 44.9. The smallest absolute Gasteiger partial charge is 0.308 e. The van der Waals surface area contributed by atoms with Gasteiger partial charge in [-0.1, -0.05) is 98.9 Å². The zero-order chi connectivity index (χ0) is 50.0. The molecule has 384 valence electrons. The number of hydrogen-bond donors (Lipinski definition) is 12. The van der Waals surface area contributed by atoms with Crippen molar-refractivity contribution in [2.24, 2.45) is 23.5 Å². The number of nitrogens with one attached hydrogen (secondary N) is 1. The summed E-state index contributed by atoms with van der Waals surface area (Å²) in [5.74, 6) is -4.53. The lowest BCUT2D eigenvalue weighted by atomic mass is 9.79. The topological polar surface area (TPSA) is 311 Å². The Morgan fingerprint density at radius 1 is 0.676 bits per heavy atom. The first-order valence-corrected chi connectivity index (χ1v) is 24.0. The van der Waals surface area contributed by atoms with Crippen molar-refractivity contribution < 1.29 is 79.6 Å². The highest BCUT2D eigenvalue weighted by Gasteiger charge is 2.51. The monoisotopic (exact) mass is 963 g/mol. The van der Waals surface area contributed by atoms with Crippen LogP contribution in [0.2, 0.25) is 0 Å². The lowest BCUT2D eigenvalue weighted by Gasteiger charge is -2.46. The summed E-state index contributed by atoms with van der Waals surface area (Å²) < 4.78 is 23.4. The Morgan fingerprint density at radius 2 is 1.28 bits per heavy atom. The van der Waals surface area contributed by atoms with Gasteiger partial charge in [0.25, 0.3) is 0 Å². The van der Waals surface area contributed by atoms with Crippen molar-refractivity contribution in [1.29, 1.82) is 0 Å². The molecule has 0 spiro atoms. The predicted molar refractivity (Wildman–Crippen MR) is 251 cm³/mol. The molecule has 1 amide bonds. The van der Waals surface area contributed by atoms with Crippen molar-refractivity contribution in [3.8, 4) is 0 Å². The molecule has 8 unspecified atom stereocenters. The zero-order valence-corrected chi connectivity index (χ0v) is 39.5. The molecule has 3 aliphatic heterocycles. The summed E-state index contributed by atoms with van der Waals surface area (Å²) in [6.45, 7) is 5.29. The molecule has 13 N–H and O–H groups in total. The predicted octanol–water partition coefficient (Wildman–Crippen LogP) is 0.907. The SMILES string of the molecule is CC1CC(NC(=O)C2[C@@H]3CC(O[C@@H]4OC[C@@H](O)[C@H](N)[C@@H]4O)/C=C/C=C/C=C/C=C/C=C/C=C/C=C/[C@H](C)[C@@H](O)C[C@H](C)OC(=O)CC(O)CC(O)CCC(O)C(O)CC(O)CC(O)(C[C@@H]2O)O3)C1. The van der Waals surface area contributed by atoms with Gasteiger partial charge in [-0.3, -0.25) is 9.59 Å². The van der Waals surface area contributed by atoms with Gasteiger partial charge < -0.3 is 81.1 Å². The maximum Gasteiger partial charge on any atom is 0.308 e. The first-order chi connectivity index (χ1) is 32.2. The molecule has 0 aromatic rings. The van der Waals surface area contributed by atoms with Crippen LogP contribution in [0.5, 0.6) is 0 Å². The Labute approximate surface area is 399 Å². The molecule has 1 saturated carbocycles. The number of carbonyl (C=O) groups excluding carboxylic acids is 2. The second kappa shape index (κ2) is 28.4. The quantitative estimate of drug-likeness (QED) is 0.174. The Morgan fingerprint density at radius 3 is 1.90 bits per heavy atom. The Hall–Kier alpha value is -3.44. The molecule has 0 aromatic heterocycles. The fourth-order valence-corrected chi connectivity index (χ4v) is 8.83. The number of nitrogens with two attached hydrogens (primary N) is 1. The molecule has 1 aliphatic carbocycles. The van der Waals surface area contributed by atoms with Crippen molar-refractivity contribution in [3.05, 3.63) is 85.1 Å². The molecule has 4 aliphatic rings. The third kappa shape index (κ3) is 19.4. The van der Waals surface area contributed by atoms with E-state index in [1.54, 1.807) is 49.5 Å². The van der Waals surface area contributed by atoms with E-state index in [0.29, 0.717) is 5.92 Å². The van der Waals surface area contributed by atoms with Crippen LogP contribution in [0.15, 0.2) is 85.1 Å². The second-order valence-corrected chi connectivity index (χ2v) is 19.1. The molecule has 4 rings (SSSR count). The van der Waals surface area contributed by atoms with E-state index in [2.05, 4.69) is 12.2 Å². The molecule has 2 bridgehead atoms. The maximum atomic E-state index is 13.9. The van der Waals surface area contributed by atoms with Gasteiger partial charge in [-0.05, 0) is 44.9 Å². The molecular weight excluding hydrogens is 885 g/mol. The average Bonchev–Trinajstić information content (AvgIpc) is 3.23. The van der Waals surface area contributed by atoms with Crippen LogP contribution in [0.25, 0.3) is 0 Å². The molecule has 18 heteroatoms. The summed E-state index contributed by atoms with van der Waals surface area (Å²) >= 11 is 0. The number of hydrogen-bond acceptors (Lipinski definition) is 17. The van der Waals surface area contributed by atoms with Crippen LogP contribution in [-0.2, 0) is 28.5 Å². The summed E-state index contributed by atoms with van der Waals surface area (Å²) in [7, 11) is 0. The second-order valence-electron chi connectivity index (χ2n) is 19.1. The van der Waals surface area contributed by atoms with Gasteiger partial charge in [-0.25, -0.2) is 0 Å². The van der Waals surface area contributed by atoms with Crippen molar-refractivity contribution in [3.63, 3.8) is 0 Å². The lowest BCUT2D eigenvalue weighted by molar-refractivity contribution is -0.304. The Balaban J connectivity index is 1.56. The van der Waals surface area contributed by atoms with Gasteiger partial charge in [-0.15, -0.1) is 0 Å². The Kier molecular flexibility index (Phi) is 23.9. The molecule has 0 radical (unpaired) electrons. The van der Waals surface area contributed by atoms with E-state index in [0.717, 1.165) is 12.8 Å². The van der Waals surface area contributed by atoms with Crippen LogP contribution in [0.1, 0.15) is 91.4 Å². The molecule has 18 nitrogen and oxygen atoms in total. The molecule has 3 fully saturated rings. The first kappa shape index (κ1) is 57.1. The minimum Gasteiger partial charge on any atom is -0.462 e. The number of carbonyl (C=O) groups is 2. The van der Waals surface area contributed by atoms with Crippen LogP contribution in [0, 0.1) is 17.8 Å². The largest absolute Gasteiger partial charge is 0.462 e. The molecule has 3 heterocycles. The molecule has 17 atom stereocenters. The number of allylic oxidation sites excluding steroid dienone is 12. The Bertz CT molecular complexity index is 1750. The highest BCUT2D eigenvalue weighted by molar-refractivity contribution is 5.80. The van der Waals surface area contributed by atoms with Gasteiger partial charge >= 0.3 is 5.97 Å². The van der Waals surface area contributed by atoms with E-state index in [1.807, 2.05) is 49.5 Å². The summed E-state index contributed by atoms with van der Waals surface area (Å²) in [6, 6.07) is -1.22. The fraction of sp³-hybridized carbons (Fsp3) is 0.680. The maximum absolute atomic E-state index is 13.9. The van der Waals surface area contributed by atoms with Gasteiger partial charge in [0.2, 0.25) is 5.91 Å². The van der Waals surface area contributed by atoms with E-state index < -0.39 is 135 Å². The van der Waals surface area contributed by atoms with Crippen LogP contribution >= 0.6 is 0 Å². The third-order valence-corrected chi connectivity index (χ3v) is 12.8. The van der Waals surface area contributed by atoms with E-state index in [1.165, 1.54) is 0 Å². The zero-order valence-electron chi connectivity index (χ0n) is 39.5. The van der Waals surface area contributed by atoms with Crippen molar-refractivity contribution in [1.82, 2.24) is 5.32 Å². The average molecular weight is 963 g/mol. The van der Waals surface area contributed by atoms with Gasteiger partial charge in [0.1, 0.15) is 12.2 Å². The summed E-state index contributed by atoms with van der Waals surface area (Å²) in [6.07, 6.45) is 7.87. The van der Waals surface area contributed by atoms with Crippen LogP contribution in [0.3, 0.4) is 0 Å². The lowest BCUT2D eigenvalue weighted by Crippen LogP contribution is -2.60. The van der Waals surface area contributed by atoms with Crippen molar-refractivity contribution in [2.75, 3.05) is 6.61 Å². The van der Waals surface area contributed by atoms with Gasteiger partial charge in [0.15, 0.2) is 12.1 Å². The van der Waals surface area contributed by atoms with Crippen LogP contribution in [-0.4, -0.2) is 167 Å².